The third kappa shape index (κ3) is 6.74. The Morgan fingerprint density at radius 3 is 2.37 bits per heavy atom. The SMILES string of the molecule is CCCCCCCC(CN)N(C)Cc1ccccc1. The Morgan fingerprint density at radius 1 is 1.05 bits per heavy atom. The first-order chi connectivity index (χ1) is 9.27. The van der Waals surface area contributed by atoms with Crippen LogP contribution in [-0.2, 0) is 6.54 Å². The van der Waals surface area contributed by atoms with Crippen molar-refractivity contribution in [1.82, 2.24) is 4.90 Å². The standard InChI is InChI=1S/C17H30N2/c1-3-4-5-6-10-13-17(14-18)19(2)15-16-11-8-7-9-12-16/h7-9,11-12,17H,3-6,10,13-15,18H2,1-2H3. The number of unbranched alkanes of at least 4 members (excludes halogenated alkanes) is 4. The van der Waals surface area contributed by atoms with Gasteiger partial charge in [-0.2, -0.15) is 0 Å². The van der Waals surface area contributed by atoms with Gasteiger partial charge in [0.2, 0.25) is 0 Å². The molecule has 1 aromatic rings. The Bertz CT molecular complexity index is 310. The van der Waals surface area contributed by atoms with Gasteiger partial charge in [0.05, 0.1) is 0 Å². The molecule has 0 saturated heterocycles. The maximum absolute atomic E-state index is 5.93. The third-order valence-corrected chi connectivity index (χ3v) is 3.81. The molecule has 2 nitrogen and oxygen atoms in total. The van der Waals surface area contributed by atoms with Gasteiger partial charge < -0.3 is 5.73 Å². The molecule has 2 N–H and O–H groups in total. The summed E-state index contributed by atoms with van der Waals surface area (Å²) in [5.41, 5.74) is 7.30. The fourth-order valence-corrected chi connectivity index (χ4v) is 2.50. The van der Waals surface area contributed by atoms with Gasteiger partial charge in [0.25, 0.3) is 0 Å². The zero-order valence-electron chi connectivity index (χ0n) is 12.6. The third-order valence-electron chi connectivity index (χ3n) is 3.81. The highest BCUT2D eigenvalue weighted by Gasteiger charge is 2.12. The van der Waals surface area contributed by atoms with Gasteiger partial charge in [0.1, 0.15) is 0 Å². The number of benzene rings is 1. The summed E-state index contributed by atoms with van der Waals surface area (Å²) >= 11 is 0. The highest BCUT2D eigenvalue weighted by molar-refractivity contribution is 5.14. The van der Waals surface area contributed by atoms with Gasteiger partial charge in [-0.15, -0.1) is 0 Å². The molecule has 0 bridgehead atoms. The number of hydrogen-bond donors (Lipinski definition) is 1. The number of likely N-dealkylation sites (N-methyl/N-ethyl adjacent to an activating group) is 1. The molecular formula is C17H30N2. The van der Waals surface area contributed by atoms with Gasteiger partial charge in [0, 0.05) is 19.1 Å². The molecule has 2 heteroatoms. The van der Waals surface area contributed by atoms with E-state index in [1.54, 1.807) is 0 Å². The Balaban J connectivity index is 2.29. The van der Waals surface area contributed by atoms with Gasteiger partial charge in [0.15, 0.2) is 0 Å². The lowest BCUT2D eigenvalue weighted by molar-refractivity contribution is 0.222. The minimum absolute atomic E-state index is 0.516. The summed E-state index contributed by atoms with van der Waals surface area (Å²) in [7, 11) is 2.19. The minimum Gasteiger partial charge on any atom is -0.329 e. The lowest BCUT2D eigenvalue weighted by Gasteiger charge is -2.27. The number of hydrogen-bond acceptors (Lipinski definition) is 2. The maximum Gasteiger partial charge on any atom is 0.0234 e. The largest absolute Gasteiger partial charge is 0.329 e. The van der Waals surface area contributed by atoms with Gasteiger partial charge >= 0.3 is 0 Å². The second kappa shape index (κ2) is 9.99. The van der Waals surface area contributed by atoms with E-state index in [2.05, 4.69) is 49.2 Å². The molecule has 0 aliphatic heterocycles. The van der Waals surface area contributed by atoms with E-state index in [1.807, 2.05) is 0 Å². The molecule has 1 rings (SSSR count). The van der Waals surface area contributed by atoms with Crippen LogP contribution in [0.3, 0.4) is 0 Å². The molecule has 0 saturated carbocycles. The molecule has 0 aromatic heterocycles. The fourth-order valence-electron chi connectivity index (χ4n) is 2.50. The predicted molar refractivity (Wildman–Crippen MR) is 84.1 cm³/mol. The summed E-state index contributed by atoms with van der Waals surface area (Å²) in [6, 6.07) is 11.2. The lowest BCUT2D eigenvalue weighted by Crippen LogP contribution is -2.37. The molecule has 0 heterocycles. The first-order valence-electron chi connectivity index (χ1n) is 7.72. The predicted octanol–water partition coefficient (Wildman–Crippen LogP) is 3.81. The van der Waals surface area contributed by atoms with Crippen molar-refractivity contribution in [3.8, 4) is 0 Å². The van der Waals surface area contributed by atoms with E-state index in [1.165, 1.54) is 44.1 Å². The van der Waals surface area contributed by atoms with Crippen LogP contribution in [0.2, 0.25) is 0 Å². The quantitative estimate of drug-likeness (QED) is 0.650. The van der Waals surface area contributed by atoms with Crippen molar-refractivity contribution in [1.29, 1.82) is 0 Å². The van der Waals surface area contributed by atoms with Crippen LogP contribution in [-0.4, -0.2) is 24.5 Å². The van der Waals surface area contributed by atoms with Crippen molar-refractivity contribution >= 4 is 0 Å². The molecular weight excluding hydrogens is 232 g/mol. The van der Waals surface area contributed by atoms with Crippen LogP contribution < -0.4 is 5.73 Å². The van der Waals surface area contributed by atoms with Crippen LogP contribution in [0.1, 0.15) is 51.0 Å². The van der Waals surface area contributed by atoms with E-state index >= 15 is 0 Å². The summed E-state index contributed by atoms with van der Waals surface area (Å²) in [5, 5.41) is 0. The first kappa shape index (κ1) is 16.2. The average molecular weight is 262 g/mol. The topological polar surface area (TPSA) is 29.3 Å². The van der Waals surface area contributed by atoms with E-state index in [4.69, 9.17) is 5.73 Å². The van der Waals surface area contributed by atoms with Crippen molar-refractivity contribution < 1.29 is 0 Å². The summed E-state index contributed by atoms with van der Waals surface area (Å²) in [4.78, 5) is 2.40. The first-order valence-corrected chi connectivity index (χ1v) is 7.72. The van der Waals surface area contributed by atoms with Crippen molar-refractivity contribution in [2.45, 2.75) is 58.0 Å². The van der Waals surface area contributed by atoms with Crippen LogP contribution in [0.15, 0.2) is 30.3 Å². The minimum atomic E-state index is 0.516. The van der Waals surface area contributed by atoms with Crippen LogP contribution in [0.5, 0.6) is 0 Å². The van der Waals surface area contributed by atoms with Crippen molar-refractivity contribution in [3.05, 3.63) is 35.9 Å². The van der Waals surface area contributed by atoms with E-state index in [-0.39, 0.29) is 0 Å². The molecule has 0 radical (unpaired) electrons. The second-order valence-corrected chi connectivity index (χ2v) is 5.49. The molecule has 0 amide bonds. The monoisotopic (exact) mass is 262 g/mol. The Kier molecular flexibility index (Phi) is 8.52. The highest BCUT2D eigenvalue weighted by atomic mass is 15.1. The normalized spacial score (nSPS) is 12.8. The van der Waals surface area contributed by atoms with Gasteiger partial charge in [-0.05, 0) is 19.0 Å². The summed E-state index contributed by atoms with van der Waals surface area (Å²) in [6.45, 7) is 4.02. The van der Waals surface area contributed by atoms with Gasteiger partial charge in [-0.3, -0.25) is 4.90 Å². The summed E-state index contributed by atoms with van der Waals surface area (Å²) < 4.78 is 0. The number of nitrogens with two attached hydrogens (primary N) is 1. The number of nitrogens with zero attached hydrogens (tertiary/aromatic N) is 1. The van der Waals surface area contributed by atoms with E-state index in [9.17, 15) is 0 Å². The molecule has 0 aliphatic carbocycles. The Hall–Kier alpha value is -0.860. The Labute approximate surface area is 119 Å². The summed E-state index contributed by atoms with van der Waals surface area (Å²) in [5.74, 6) is 0. The molecule has 0 aliphatic rings. The smallest absolute Gasteiger partial charge is 0.0234 e. The number of rotatable bonds is 10. The molecule has 0 fully saturated rings. The molecule has 108 valence electrons. The van der Waals surface area contributed by atoms with Crippen LogP contribution in [0.25, 0.3) is 0 Å². The summed E-state index contributed by atoms with van der Waals surface area (Å²) in [6.07, 6.45) is 7.94. The molecule has 1 unspecified atom stereocenters. The fraction of sp³-hybridized carbons (Fsp3) is 0.647. The molecule has 1 aromatic carbocycles. The van der Waals surface area contributed by atoms with Crippen molar-refractivity contribution in [2.24, 2.45) is 5.73 Å². The zero-order valence-corrected chi connectivity index (χ0v) is 12.6. The zero-order chi connectivity index (χ0) is 13.9. The van der Waals surface area contributed by atoms with Crippen LogP contribution in [0, 0.1) is 0 Å². The maximum atomic E-state index is 5.93. The molecule has 1 atom stereocenters. The van der Waals surface area contributed by atoms with Gasteiger partial charge in [-0.25, -0.2) is 0 Å². The van der Waals surface area contributed by atoms with E-state index in [0.717, 1.165) is 13.1 Å². The van der Waals surface area contributed by atoms with Crippen LogP contribution >= 0.6 is 0 Å². The lowest BCUT2D eigenvalue weighted by atomic mass is 10.0. The van der Waals surface area contributed by atoms with Crippen molar-refractivity contribution in [3.63, 3.8) is 0 Å². The molecule has 19 heavy (non-hydrogen) atoms. The van der Waals surface area contributed by atoms with Crippen molar-refractivity contribution in [2.75, 3.05) is 13.6 Å². The van der Waals surface area contributed by atoms with Crippen LogP contribution in [0.4, 0.5) is 0 Å². The Morgan fingerprint density at radius 2 is 1.74 bits per heavy atom. The second-order valence-electron chi connectivity index (χ2n) is 5.49. The van der Waals surface area contributed by atoms with E-state index in [0.29, 0.717) is 6.04 Å². The molecule has 0 spiro atoms. The van der Waals surface area contributed by atoms with Gasteiger partial charge in [-0.1, -0.05) is 69.4 Å². The highest BCUT2D eigenvalue weighted by Crippen LogP contribution is 2.12. The average Bonchev–Trinajstić information content (AvgIpc) is 2.44. The van der Waals surface area contributed by atoms with E-state index < -0.39 is 0 Å².